The van der Waals surface area contributed by atoms with Gasteiger partial charge in [0.15, 0.2) is 10.8 Å². The summed E-state index contributed by atoms with van der Waals surface area (Å²) >= 11 is 1.42. The lowest BCUT2D eigenvalue weighted by molar-refractivity contribution is 0.475. The highest BCUT2D eigenvalue weighted by atomic mass is 32.1. The van der Waals surface area contributed by atoms with E-state index in [1.165, 1.54) is 11.3 Å². The van der Waals surface area contributed by atoms with Crippen LogP contribution in [0.2, 0.25) is 0 Å². The number of aromatic hydroxyl groups is 1. The van der Waals surface area contributed by atoms with E-state index in [0.29, 0.717) is 10.8 Å². The van der Waals surface area contributed by atoms with Crippen LogP contribution in [0.5, 0.6) is 5.75 Å². The van der Waals surface area contributed by atoms with Crippen molar-refractivity contribution in [1.82, 2.24) is 30.0 Å². The third kappa shape index (κ3) is 2.44. The Hall–Kier alpha value is -3.52. The van der Waals surface area contributed by atoms with E-state index >= 15 is 0 Å². The number of aromatic amines is 1. The Labute approximate surface area is 151 Å². The lowest BCUT2D eigenvalue weighted by Gasteiger charge is -1.97. The van der Waals surface area contributed by atoms with Gasteiger partial charge in [-0.05, 0) is 18.2 Å². The maximum atomic E-state index is 9.69. The SMILES string of the molecule is Oc1cccc(-c2nnc3sc(-c4cc(-c5ccccc5)n[nH]4)nn23)c1. The number of nitrogens with one attached hydrogen (secondary N) is 1. The molecule has 5 aromatic rings. The molecule has 0 radical (unpaired) electrons. The van der Waals surface area contributed by atoms with Crippen LogP contribution in [0.3, 0.4) is 0 Å². The molecule has 0 bridgehead atoms. The van der Waals surface area contributed by atoms with Gasteiger partial charge in [-0.15, -0.1) is 10.2 Å². The Morgan fingerprint density at radius 2 is 1.77 bits per heavy atom. The molecule has 7 nitrogen and oxygen atoms in total. The fourth-order valence-corrected chi connectivity index (χ4v) is 3.54. The van der Waals surface area contributed by atoms with E-state index in [1.807, 2.05) is 42.5 Å². The van der Waals surface area contributed by atoms with Crippen molar-refractivity contribution >= 4 is 16.3 Å². The zero-order chi connectivity index (χ0) is 17.5. The van der Waals surface area contributed by atoms with Crippen molar-refractivity contribution in [1.29, 1.82) is 0 Å². The third-order valence-electron chi connectivity index (χ3n) is 3.97. The first-order chi connectivity index (χ1) is 12.8. The highest BCUT2D eigenvalue weighted by Gasteiger charge is 2.16. The zero-order valence-corrected chi connectivity index (χ0v) is 14.2. The van der Waals surface area contributed by atoms with Gasteiger partial charge in [0, 0.05) is 11.1 Å². The normalized spacial score (nSPS) is 11.2. The van der Waals surface area contributed by atoms with Crippen molar-refractivity contribution in [3.8, 4) is 39.1 Å². The molecule has 0 unspecified atom stereocenters. The minimum Gasteiger partial charge on any atom is -0.508 e. The maximum absolute atomic E-state index is 9.69. The van der Waals surface area contributed by atoms with Crippen LogP contribution in [0.1, 0.15) is 0 Å². The molecule has 2 aromatic carbocycles. The molecule has 8 heteroatoms. The van der Waals surface area contributed by atoms with Crippen LogP contribution < -0.4 is 0 Å². The summed E-state index contributed by atoms with van der Waals surface area (Å²) in [5.41, 5.74) is 3.48. The van der Waals surface area contributed by atoms with Crippen molar-refractivity contribution < 1.29 is 5.11 Å². The Bertz CT molecular complexity index is 1210. The molecule has 0 aliphatic rings. The van der Waals surface area contributed by atoms with Gasteiger partial charge in [-0.3, -0.25) is 5.10 Å². The van der Waals surface area contributed by atoms with E-state index in [2.05, 4.69) is 25.5 Å². The number of hydrogen-bond donors (Lipinski definition) is 2. The van der Waals surface area contributed by atoms with Gasteiger partial charge in [-0.2, -0.15) is 14.7 Å². The highest BCUT2D eigenvalue weighted by Crippen LogP contribution is 2.29. The molecule has 0 aliphatic heterocycles. The van der Waals surface area contributed by atoms with E-state index < -0.39 is 0 Å². The van der Waals surface area contributed by atoms with Gasteiger partial charge in [0.05, 0.1) is 11.4 Å². The van der Waals surface area contributed by atoms with Crippen molar-refractivity contribution in [2.75, 3.05) is 0 Å². The standard InChI is InChI=1S/C18H12N6OS/c25-13-8-4-7-12(9-13)16-21-22-18-24(16)23-17(26-18)15-10-14(19-20-15)11-5-2-1-3-6-11/h1-10,25H,(H,19,20). The molecule has 0 aliphatic carbocycles. The molecule has 0 atom stereocenters. The van der Waals surface area contributed by atoms with Crippen molar-refractivity contribution in [2.24, 2.45) is 0 Å². The van der Waals surface area contributed by atoms with Crippen LogP contribution in [0.4, 0.5) is 0 Å². The summed E-state index contributed by atoms with van der Waals surface area (Å²) < 4.78 is 1.68. The first-order valence-electron chi connectivity index (χ1n) is 7.91. The smallest absolute Gasteiger partial charge is 0.235 e. The summed E-state index contributed by atoms with van der Waals surface area (Å²) in [6.45, 7) is 0. The number of fused-ring (bicyclic) bond motifs is 1. The van der Waals surface area contributed by atoms with Crippen LogP contribution >= 0.6 is 11.3 Å². The summed E-state index contributed by atoms with van der Waals surface area (Å²) in [6, 6.07) is 18.8. The first-order valence-corrected chi connectivity index (χ1v) is 8.72. The topological polar surface area (TPSA) is 92.0 Å². The Morgan fingerprint density at radius 1 is 0.923 bits per heavy atom. The number of phenols is 1. The molecule has 0 amide bonds. The number of hydrogen-bond acceptors (Lipinski definition) is 6. The minimum atomic E-state index is 0.177. The van der Waals surface area contributed by atoms with Gasteiger partial charge >= 0.3 is 0 Å². The average molecular weight is 360 g/mol. The molecule has 126 valence electrons. The van der Waals surface area contributed by atoms with E-state index in [1.54, 1.807) is 22.7 Å². The fraction of sp³-hybridized carbons (Fsp3) is 0. The molecule has 0 fully saturated rings. The van der Waals surface area contributed by atoms with Gasteiger partial charge < -0.3 is 5.11 Å². The Morgan fingerprint density at radius 3 is 2.62 bits per heavy atom. The van der Waals surface area contributed by atoms with Crippen molar-refractivity contribution in [3.05, 3.63) is 60.7 Å². The monoisotopic (exact) mass is 360 g/mol. The summed E-state index contributed by atoms with van der Waals surface area (Å²) in [5, 5.41) is 30.8. The van der Waals surface area contributed by atoms with Gasteiger partial charge in [0.2, 0.25) is 4.96 Å². The van der Waals surface area contributed by atoms with E-state index in [9.17, 15) is 5.11 Å². The van der Waals surface area contributed by atoms with E-state index in [-0.39, 0.29) is 5.75 Å². The number of H-pyrrole nitrogens is 1. The number of phenolic OH excluding ortho intramolecular Hbond substituents is 1. The van der Waals surface area contributed by atoms with Crippen molar-refractivity contribution in [3.63, 3.8) is 0 Å². The van der Waals surface area contributed by atoms with Crippen LogP contribution in [0, 0.1) is 0 Å². The van der Waals surface area contributed by atoms with Crippen LogP contribution in [-0.4, -0.2) is 35.1 Å². The Balaban J connectivity index is 1.56. The Kier molecular flexibility index (Phi) is 3.29. The maximum Gasteiger partial charge on any atom is 0.235 e. The second-order valence-corrected chi connectivity index (χ2v) is 6.66. The molecule has 26 heavy (non-hydrogen) atoms. The molecule has 0 saturated heterocycles. The predicted molar refractivity (Wildman–Crippen MR) is 98.8 cm³/mol. The van der Waals surface area contributed by atoms with Gasteiger partial charge in [-0.25, -0.2) is 0 Å². The lowest BCUT2D eigenvalue weighted by atomic mass is 10.1. The molecule has 2 N–H and O–H groups in total. The number of rotatable bonds is 3. The first kappa shape index (κ1) is 14.8. The third-order valence-corrected chi connectivity index (χ3v) is 4.91. The second-order valence-electron chi connectivity index (χ2n) is 5.71. The molecule has 5 rings (SSSR count). The van der Waals surface area contributed by atoms with Gasteiger partial charge in [0.25, 0.3) is 0 Å². The summed E-state index contributed by atoms with van der Waals surface area (Å²) in [4.78, 5) is 0.675. The molecule has 0 saturated carbocycles. The summed E-state index contributed by atoms with van der Waals surface area (Å²) in [5.74, 6) is 0.761. The molecule has 3 aromatic heterocycles. The number of nitrogens with zero attached hydrogens (tertiary/aromatic N) is 5. The predicted octanol–water partition coefficient (Wildman–Crippen LogP) is 3.62. The zero-order valence-electron chi connectivity index (χ0n) is 13.4. The van der Waals surface area contributed by atoms with Crippen LogP contribution in [0.25, 0.3) is 38.3 Å². The quantitative estimate of drug-likeness (QED) is 0.513. The van der Waals surface area contributed by atoms with Gasteiger partial charge in [0.1, 0.15) is 5.75 Å². The summed E-state index contributed by atoms with van der Waals surface area (Å²) in [7, 11) is 0. The highest BCUT2D eigenvalue weighted by molar-refractivity contribution is 7.19. The second kappa shape index (κ2) is 5.78. The van der Waals surface area contributed by atoms with E-state index in [0.717, 1.165) is 27.5 Å². The fourth-order valence-electron chi connectivity index (χ4n) is 2.74. The summed E-state index contributed by atoms with van der Waals surface area (Å²) in [6.07, 6.45) is 0. The molecular weight excluding hydrogens is 348 g/mol. The minimum absolute atomic E-state index is 0.177. The van der Waals surface area contributed by atoms with Gasteiger partial charge in [-0.1, -0.05) is 53.8 Å². The van der Waals surface area contributed by atoms with Crippen LogP contribution in [0.15, 0.2) is 60.7 Å². The average Bonchev–Trinajstić information content (AvgIpc) is 3.37. The number of aromatic nitrogens is 6. The molecular formula is C18H12N6OS. The largest absolute Gasteiger partial charge is 0.508 e. The number of benzene rings is 2. The van der Waals surface area contributed by atoms with Crippen LogP contribution in [-0.2, 0) is 0 Å². The van der Waals surface area contributed by atoms with E-state index in [4.69, 9.17) is 0 Å². The molecule has 3 heterocycles. The lowest BCUT2D eigenvalue weighted by Crippen LogP contribution is -1.90. The molecule has 0 spiro atoms. The van der Waals surface area contributed by atoms with Crippen molar-refractivity contribution in [2.45, 2.75) is 0 Å².